The highest BCUT2D eigenvalue weighted by molar-refractivity contribution is 5.38. The Balaban J connectivity index is 1.32. The van der Waals surface area contributed by atoms with E-state index < -0.39 is 17.8 Å². The maximum Gasteiger partial charge on any atom is 0.453 e. The molecule has 0 unspecified atom stereocenters. The lowest BCUT2D eigenvalue weighted by Gasteiger charge is -2.47. The zero-order chi connectivity index (χ0) is 27.0. The van der Waals surface area contributed by atoms with E-state index in [0.29, 0.717) is 22.8 Å². The second-order valence-corrected chi connectivity index (χ2v) is 10.3. The molecule has 4 aromatic rings. The Bertz CT molecular complexity index is 1370. The number of hydrogen-bond acceptors (Lipinski definition) is 5. The Morgan fingerprint density at radius 1 is 0.897 bits per heavy atom. The molecular formula is C29H28F4N6. The number of halogens is 4. The molecule has 3 heterocycles. The molecule has 2 atom stereocenters. The van der Waals surface area contributed by atoms with Gasteiger partial charge in [0, 0.05) is 43.2 Å². The van der Waals surface area contributed by atoms with Crippen LogP contribution in [-0.4, -0.2) is 61.7 Å². The number of fused-ring (bicyclic) bond motifs is 1. The summed E-state index contributed by atoms with van der Waals surface area (Å²) >= 11 is 0. The van der Waals surface area contributed by atoms with Gasteiger partial charge in [0.2, 0.25) is 0 Å². The van der Waals surface area contributed by atoms with Crippen LogP contribution in [0.1, 0.15) is 41.3 Å². The number of nitrogens with zero attached hydrogens (tertiary/aromatic N) is 6. The molecule has 0 N–H and O–H groups in total. The van der Waals surface area contributed by atoms with Crippen molar-refractivity contribution in [2.24, 2.45) is 0 Å². The molecule has 0 amide bonds. The highest BCUT2D eigenvalue weighted by Crippen LogP contribution is 2.38. The molecule has 202 valence electrons. The predicted octanol–water partition coefficient (Wildman–Crippen LogP) is 5.30. The van der Waals surface area contributed by atoms with Crippen LogP contribution in [0.25, 0.3) is 5.69 Å². The average Bonchev–Trinajstić information content (AvgIpc) is 3.62. The second kappa shape index (κ2) is 10.5. The lowest BCUT2D eigenvalue weighted by Crippen LogP contribution is -2.57. The molecule has 6 nitrogen and oxygen atoms in total. The van der Waals surface area contributed by atoms with Crippen LogP contribution in [0.4, 0.5) is 17.6 Å². The lowest BCUT2D eigenvalue weighted by atomic mass is 9.82. The summed E-state index contributed by atoms with van der Waals surface area (Å²) in [6, 6.07) is 25.3. The van der Waals surface area contributed by atoms with Gasteiger partial charge in [0.25, 0.3) is 5.82 Å². The van der Waals surface area contributed by atoms with E-state index in [0.717, 1.165) is 25.9 Å². The smallest absolute Gasteiger partial charge is 0.296 e. The molecule has 0 spiro atoms. The molecule has 0 saturated carbocycles. The number of rotatable bonds is 6. The minimum atomic E-state index is -4.73. The molecule has 0 radical (unpaired) electrons. The number of alkyl halides is 3. The first-order chi connectivity index (χ1) is 18.9. The van der Waals surface area contributed by atoms with Crippen LogP contribution in [0.3, 0.4) is 0 Å². The maximum atomic E-state index is 15.0. The number of piperazine rings is 1. The molecule has 6 rings (SSSR count). The molecule has 2 aliphatic heterocycles. The van der Waals surface area contributed by atoms with Crippen molar-refractivity contribution in [3.05, 3.63) is 107 Å². The fourth-order valence-electron chi connectivity index (χ4n) is 6.21. The van der Waals surface area contributed by atoms with Gasteiger partial charge in [0.15, 0.2) is 0 Å². The van der Waals surface area contributed by atoms with Crippen molar-refractivity contribution in [1.82, 2.24) is 30.0 Å². The van der Waals surface area contributed by atoms with E-state index in [-0.39, 0.29) is 24.2 Å². The van der Waals surface area contributed by atoms with E-state index >= 15 is 4.39 Å². The van der Waals surface area contributed by atoms with Crippen molar-refractivity contribution in [3.63, 3.8) is 0 Å². The van der Waals surface area contributed by atoms with Crippen molar-refractivity contribution < 1.29 is 17.6 Å². The summed E-state index contributed by atoms with van der Waals surface area (Å²) < 4.78 is 55.8. The molecule has 2 fully saturated rings. The Hall–Kier alpha value is -3.63. The quantitative estimate of drug-likeness (QED) is 0.313. The number of hydrogen-bond donors (Lipinski definition) is 0. The molecule has 3 aromatic carbocycles. The van der Waals surface area contributed by atoms with Crippen LogP contribution in [0.15, 0.2) is 78.9 Å². The van der Waals surface area contributed by atoms with Gasteiger partial charge in [-0.05, 0) is 59.1 Å². The highest BCUT2D eigenvalue weighted by Gasteiger charge is 2.42. The summed E-state index contributed by atoms with van der Waals surface area (Å²) in [6.07, 6.45) is -2.56. The van der Waals surface area contributed by atoms with E-state index in [9.17, 15) is 13.2 Å². The molecule has 1 aromatic heterocycles. The number of tetrazole rings is 1. The van der Waals surface area contributed by atoms with Crippen LogP contribution >= 0.6 is 0 Å². The fourth-order valence-corrected chi connectivity index (χ4v) is 6.21. The minimum Gasteiger partial charge on any atom is -0.296 e. The van der Waals surface area contributed by atoms with Gasteiger partial charge in [-0.25, -0.2) is 4.39 Å². The second-order valence-electron chi connectivity index (χ2n) is 10.3. The first-order valence-electron chi connectivity index (χ1n) is 13.1. The van der Waals surface area contributed by atoms with Crippen molar-refractivity contribution in [2.45, 2.75) is 43.6 Å². The molecule has 39 heavy (non-hydrogen) atoms. The van der Waals surface area contributed by atoms with Crippen LogP contribution in [-0.2, 0) is 12.7 Å². The average molecular weight is 537 g/mol. The predicted molar refractivity (Wildman–Crippen MR) is 138 cm³/mol. The SMILES string of the molecule is Fc1ccc(-n2nnnc2C(F)(F)F)cc1CN1C[C@@H]2CCCN2[C@H](C(c2ccccc2)c2ccccc2)C1. The molecular weight excluding hydrogens is 508 g/mol. The van der Waals surface area contributed by atoms with Crippen LogP contribution in [0.2, 0.25) is 0 Å². The summed E-state index contributed by atoms with van der Waals surface area (Å²) in [5, 5.41) is 9.82. The monoisotopic (exact) mass is 536 g/mol. The third-order valence-electron chi connectivity index (χ3n) is 7.86. The fraction of sp³-hybridized carbons (Fsp3) is 0.345. The van der Waals surface area contributed by atoms with E-state index in [4.69, 9.17) is 0 Å². The summed E-state index contributed by atoms with van der Waals surface area (Å²) in [5.41, 5.74) is 2.85. The van der Waals surface area contributed by atoms with Crippen molar-refractivity contribution in [3.8, 4) is 5.69 Å². The van der Waals surface area contributed by atoms with Gasteiger partial charge in [-0.3, -0.25) is 9.80 Å². The Morgan fingerprint density at radius 3 is 2.26 bits per heavy atom. The van der Waals surface area contributed by atoms with E-state index in [2.05, 4.69) is 73.9 Å². The Kier molecular flexibility index (Phi) is 6.90. The number of benzene rings is 3. The van der Waals surface area contributed by atoms with Crippen molar-refractivity contribution in [2.75, 3.05) is 19.6 Å². The summed E-state index contributed by atoms with van der Waals surface area (Å²) in [7, 11) is 0. The largest absolute Gasteiger partial charge is 0.453 e. The van der Waals surface area contributed by atoms with Gasteiger partial charge in [0.1, 0.15) is 5.82 Å². The van der Waals surface area contributed by atoms with E-state index in [1.165, 1.54) is 29.3 Å². The van der Waals surface area contributed by atoms with Crippen LogP contribution in [0.5, 0.6) is 0 Å². The maximum absolute atomic E-state index is 15.0. The summed E-state index contributed by atoms with van der Waals surface area (Å²) in [4.78, 5) is 4.84. The zero-order valence-electron chi connectivity index (χ0n) is 21.2. The first-order valence-corrected chi connectivity index (χ1v) is 13.1. The van der Waals surface area contributed by atoms with Gasteiger partial charge in [-0.1, -0.05) is 60.7 Å². The van der Waals surface area contributed by atoms with Crippen molar-refractivity contribution >= 4 is 0 Å². The van der Waals surface area contributed by atoms with Crippen LogP contribution < -0.4 is 0 Å². The third kappa shape index (κ3) is 5.18. The Morgan fingerprint density at radius 2 is 1.59 bits per heavy atom. The van der Waals surface area contributed by atoms with Crippen molar-refractivity contribution in [1.29, 1.82) is 0 Å². The van der Waals surface area contributed by atoms with Gasteiger partial charge in [0.05, 0.1) is 5.69 Å². The molecule has 0 aliphatic carbocycles. The zero-order valence-corrected chi connectivity index (χ0v) is 21.2. The van der Waals surface area contributed by atoms with Gasteiger partial charge < -0.3 is 0 Å². The standard InChI is InChI=1S/C29H28F4N6/c30-25-14-13-23(39-28(29(31,32)33)34-35-36-39)16-22(25)17-37-18-24-12-7-15-38(24)26(19-37)27(20-8-3-1-4-9-20)21-10-5-2-6-11-21/h1-6,8-11,13-14,16,24,26-27H,7,12,15,17-19H2/t24-,26-/m0/s1. The van der Waals surface area contributed by atoms with Gasteiger partial charge in [-0.2, -0.15) is 17.9 Å². The minimum absolute atomic E-state index is 0.0752. The first kappa shape index (κ1) is 25.6. The number of aromatic nitrogens is 4. The third-order valence-corrected chi connectivity index (χ3v) is 7.86. The van der Waals surface area contributed by atoms with E-state index in [1.54, 1.807) is 0 Å². The summed E-state index contributed by atoms with van der Waals surface area (Å²) in [5.74, 6) is -1.58. The highest BCUT2D eigenvalue weighted by atomic mass is 19.4. The lowest BCUT2D eigenvalue weighted by molar-refractivity contribution is -0.146. The Labute approximate surface area is 223 Å². The molecule has 10 heteroatoms. The normalized spacial score (nSPS) is 20.4. The topological polar surface area (TPSA) is 50.1 Å². The summed E-state index contributed by atoms with van der Waals surface area (Å²) in [6.45, 7) is 2.77. The molecule has 0 bridgehead atoms. The molecule has 2 aliphatic rings. The van der Waals surface area contributed by atoms with Gasteiger partial charge >= 0.3 is 6.18 Å². The van der Waals surface area contributed by atoms with Crippen LogP contribution in [0, 0.1) is 5.82 Å². The van der Waals surface area contributed by atoms with Gasteiger partial charge in [-0.15, -0.1) is 5.10 Å². The van der Waals surface area contributed by atoms with E-state index in [1.807, 2.05) is 12.1 Å². The molecule has 2 saturated heterocycles.